The summed E-state index contributed by atoms with van der Waals surface area (Å²) in [4.78, 5) is 41.4. The number of nitrogens with one attached hydrogen (secondary N) is 2. The van der Waals surface area contributed by atoms with Crippen LogP contribution < -0.4 is 5.32 Å². The van der Waals surface area contributed by atoms with Crippen LogP contribution in [-0.4, -0.2) is 60.8 Å². The average Bonchev–Trinajstić information content (AvgIpc) is 2.80. The van der Waals surface area contributed by atoms with Crippen molar-refractivity contribution >= 4 is 17.7 Å². The van der Waals surface area contributed by atoms with Gasteiger partial charge in [0.05, 0.1) is 24.8 Å². The van der Waals surface area contributed by atoms with Gasteiger partial charge in [0.25, 0.3) is 0 Å². The fourth-order valence-electron chi connectivity index (χ4n) is 3.63. The van der Waals surface area contributed by atoms with Crippen LogP contribution in [0.1, 0.15) is 71.1 Å². The van der Waals surface area contributed by atoms with Gasteiger partial charge in [0.1, 0.15) is 0 Å². The van der Waals surface area contributed by atoms with Crippen molar-refractivity contribution in [2.75, 3.05) is 33.3 Å². The van der Waals surface area contributed by atoms with Gasteiger partial charge in [0.2, 0.25) is 5.91 Å². The highest BCUT2D eigenvalue weighted by Gasteiger charge is 2.24. The van der Waals surface area contributed by atoms with Crippen molar-refractivity contribution in [2.45, 2.75) is 52.4 Å². The molecule has 2 N–H and O–H groups in total. The van der Waals surface area contributed by atoms with Crippen LogP contribution in [-0.2, 0) is 16.0 Å². The van der Waals surface area contributed by atoms with E-state index in [1.54, 1.807) is 6.92 Å². The molecule has 0 radical (unpaired) electrons. The highest BCUT2D eigenvalue weighted by atomic mass is 16.5. The Morgan fingerprint density at radius 2 is 1.81 bits per heavy atom. The fraction of sp³-hybridized carbons (Fsp3) is 0.650. The van der Waals surface area contributed by atoms with Crippen LogP contribution in [0.15, 0.2) is 0 Å². The molecule has 1 aromatic heterocycles. The van der Waals surface area contributed by atoms with Crippen LogP contribution >= 0.6 is 0 Å². The van der Waals surface area contributed by atoms with Gasteiger partial charge in [-0.25, -0.2) is 4.79 Å². The summed E-state index contributed by atoms with van der Waals surface area (Å²) in [5, 5.41) is 2.91. The largest absolute Gasteiger partial charge is 0.465 e. The Morgan fingerprint density at radius 1 is 1.15 bits per heavy atom. The average molecular weight is 377 g/mol. The summed E-state index contributed by atoms with van der Waals surface area (Å²) in [5.41, 5.74) is 1.58. The lowest BCUT2D eigenvalue weighted by Crippen LogP contribution is -2.31. The van der Waals surface area contributed by atoms with Crippen LogP contribution in [0.3, 0.4) is 0 Å². The van der Waals surface area contributed by atoms with E-state index in [1.807, 2.05) is 0 Å². The molecule has 2 rings (SSSR count). The predicted molar refractivity (Wildman–Crippen MR) is 103 cm³/mol. The smallest absolute Gasteiger partial charge is 0.339 e. The molecule has 150 valence electrons. The van der Waals surface area contributed by atoms with Crippen molar-refractivity contribution in [1.82, 2.24) is 15.2 Å². The lowest BCUT2D eigenvalue weighted by atomic mass is 10.1. The lowest BCUT2D eigenvalue weighted by Gasteiger charge is -2.19. The molecule has 0 unspecified atom stereocenters. The maximum atomic E-state index is 12.3. The van der Waals surface area contributed by atoms with Gasteiger partial charge in [-0.2, -0.15) is 0 Å². The third-order valence-corrected chi connectivity index (χ3v) is 5.08. The van der Waals surface area contributed by atoms with E-state index in [4.69, 9.17) is 4.74 Å². The lowest BCUT2D eigenvalue weighted by molar-refractivity contribution is -0.120. The summed E-state index contributed by atoms with van der Waals surface area (Å²) in [7, 11) is 1.29. The number of methoxy groups -OCH3 is 1. The molecule has 1 aliphatic heterocycles. The number of H-pyrrole nitrogens is 1. The van der Waals surface area contributed by atoms with Gasteiger partial charge < -0.3 is 19.9 Å². The number of hydrogen-bond donors (Lipinski definition) is 2. The highest BCUT2D eigenvalue weighted by molar-refractivity contribution is 6.01. The number of amides is 1. The molecule has 2 heterocycles. The summed E-state index contributed by atoms with van der Waals surface area (Å²) in [6.07, 6.45) is 6.06. The first kappa shape index (κ1) is 21.2. The van der Waals surface area contributed by atoms with Gasteiger partial charge in [-0.15, -0.1) is 0 Å². The van der Waals surface area contributed by atoms with Gasteiger partial charge in [0.15, 0.2) is 5.78 Å². The number of aromatic nitrogens is 1. The molecule has 1 saturated heterocycles. The standard InChI is InChI=1S/C20H31N3O4/c1-14-18(20(26)27-3)16(22-19(14)15(2)24)13-17(25)21-9-8-12-23-10-6-4-5-7-11-23/h22H,4-13H2,1-3H3,(H,21,25). The molecule has 1 aliphatic rings. The van der Waals surface area contributed by atoms with Crippen LogP contribution in [0.2, 0.25) is 0 Å². The number of hydrogen-bond acceptors (Lipinski definition) is 5. The van der Waals surface area contributed by atoms with E-state index in [-0.39, 0.29) is 23.7 Å². The highest BCUT2D eigenvalue weighted by Crippen LogP contribution is 2.20. The minimum Gasteiger partial charge on any atom is -0.465 e. The number of carbonyl (C=O) groups excluding carboxylic acids is 3. The van der Waals surface area contributed by atoms with E-state index in [0.29, 0.717) is 23.5 Å². The van der Waals surface area contributed by atoms with Crippen molar-refractivity contribution < 1.29 is 19.1 Å². The number of Topliss-reactive ketones (excluding diaryl/α,β-unsaturated/α-hetero) is 1. The minimum absolute atomic E-state index is 0.0161. The third-order valence-electron chi connectivity index (χ3n) is 5.08. The zero-order valence-corrected chi connectivity index (χ0v) is 16.7. The Kier molecular flexibility index (Phi) is 8.03. The zero-order valence-electron chi connectivity index (χ0n) is 16.7. The first-order chi connectivity index (χ1) is 12.9. The van der Waals surface area contributed by atoms with Crippen molar-refractivity contribution in [3.63, 3.8) is 0 Å². The van der Waals surface area contributed by atoms with E-state index < -0.39 is 5.97 Å². The van der Waals surface area contributed by atoms with Crippen molar-refractivity contribution in [3.05, 3.63) is 22.5 Å². The Morgan fingerprint density at radius 3 is 2.41 bits per heavy atom. The summed E-state index contributed by atoms with van der Waals surface area (Å²) < 4.78 is 4.80. The van der Waals surface area contributed by atoms with Crippen LogP contribution in [0.4, 0.5) is 0 Å². The first-order valence-corrected chi connectivity index (χ1v) is 9.73. The molecule has 7 heteroatoms. The molecule has 0 aromatic carbocycles. The van der Waals surface area contributed by atoms with E-state index >= 15 is 0 Å². The Hall–Kier alpha value is -2.15. The first-order valence-electron chi connectivity index (χ1n) is 9.73. The molecule has 1 fully saturated rings. The topological polar surface area (TPSA) is 91.5 Å². The van der Waals surface area contributed by atoms with Crippen molar-refractivity contribution in [3.8, 4) is 0 Å². The molecule has 7 nitrogen and oxygen atoms in total. The summed E-state index contributed by atoms with van der Waals surface area (Å²) >= 11 is 0. The van der Waals surface area contributed by atoms with Gasteiger partial charge in [0, 0.05) is 19.2 Å². The summed E-state index contributed by atoms with van der Waals surface area (Å²) in [6, 6.07) is 0. The molecule has 1 amide bonds. The Bertz CT molecular complexity index is 673. The van der Waals surface area contributed by atoms with Crippen LogP contribution in [0, 0.1) is 6.92 Å². The van der Waals surface area contributed by atoms with Crippen LogP contribution in [0.25, 0.3) is 0 Å². The predicted octanol–water partition coefficient (Wildman–Crippen LogP) is 2.24. The summed E-state index contributed by atoms with van der Waals surface area (Å²) in [5.74, 6) is -0.894. The Labute approximate surface area is 160 Å². The van der Waals surface area contributed by atoms with Gasteiger partial charge >= 0.3 is 5.97 Å². The number of rotatable bonds is 8. The number of nitrogens with zero attached hydrogens (tertiary/aromatic N) is 1. The van der Waals surface area contributed by atoms with Gasteiger partial charge in [-0.1, -0.05) is 12.8 Å². The molecule has 27 heavy (non-hydrogen) atoms. The maximum absolute atomic E-state index is 12.3. The van der Waals surface area contributed by atoms with Crippen LogP contribution in [0.5, 0.6) is 0 Å². The molecule has 1 aromatic rings. The second kappa shape index (κ2) is 10.3. The number of likely N-dealkylation sites (tertiary alicyclic amines) is 1. The molecule has 0 spiro atoms. The van der Waals surface area contributed by atoms with Gasteiger partial charge in [-0.3, -0.25) is 9.59 Å². The van der Waals surface area contributed by atoms with E-state index in [2.05, 4.69) is 15.2 Å². The maximum Gasteiger partial charge on any atom is 0.339 e. The Balaban J connectivity index is 1.88. The molecule has 0 atom stereocenters. The SMILES string of the molecule is COC(=O)c1c(CC(=O)NCCCN2CCCCCC2)[nH]c(C(C)=O)c1C. The van der Waals surface area contributed by atoms with Crippen molar-refractivity contribution in [1.29, 1.82) is 0 Å². The van der Waals surface area contributed by atoms with E-state index in [0.717, 1.165) is 26.1 Å². The third kappa shape index (κ3) is 5.92. The molecule has 0 aliphatic carbocycles. The monoisotopic (exact) mass is 377 g/mol. The molecule has 0 saturated carbocycles. The number of esters is 1. The second-order valence-corrected chi connectivity index (χ2v) is 7.16. The molecule has 0 bridgehead atoms. The van der Waals surface area contributed by atoms with E-state index in [9.17, 15) is 14.4 Å². The number of carbonyl (C=O) groups is 3. The van der Waals surface area contributed by atoms with E-state index in [1.165, 1.54) is 39.7 Å². The van der Waals surface area contributed by atoms with Crippen molar-refractivity contribution in [2.24, 2.45) is 0 Å². The number of ether oxygens (including phenoxy) is 1. The number of ketones is 1. The number of aromatic amines is 1. The minimum atomic E-state index is -0.541. The fourth-order valence-corrected chi connectivity index (χ4v) is 3.63. The molecular weight excluding hydrogens is 346 g/mol. The quantitative estimate of drug-likeness (QED) is 0.412. The summed E-state index contributed by atoms with van der Waals surface area (Å²) in [6.45, 7) is 6.98. The van der Waals surface area contributed by atoms with Gasteiger partial charge in [-0.05, 0) is 51.4 Å². The molecular formula is C20H31N3O4. The normalized spacial score (nSPS) is 15.2. The zero-order chi connectivity index (χ0) is 19.8. The second-order valence-electron chi connectivity index (χ2n) is 7.16.